The van der Waals surface area contributed by atoms with Crippen LogP contribution in [0.15, 0.2) is 15.9 Å². The molecule has 0 spiro atoms. The van der Waals surface area contributed by atoms with Gasteiger partial charge in [-0.3, -0.25) is 0 Å². The number of ether oxygens (including phenoxy) is 1. The minimum Gasteiger partial charge on any atom is -0.455 e. The number of nitrogens with zero attached hydrogens (tertiary/aromatic N) is 1. The third-order valence-corrected chi connectivity index (χ3v) is 2.16. The zero-order chi connectivity index (χ0) is 11.0. The molecule has 0 atom stereocenters. The van der Waals surface area contributed by atoms with Crippen LogP contribution < -0.4 is 0 Å². The minimum atomic E-state index is -3.59. The van der Waals surface area contributed by atoms with Gasteiger partial charge in [-0.05, 0) is 26.8 Å². The number of carbonyl (C=O) groups excluding carboxylic acids is 1. The van der Waals surface area contributed by atoms with Crippen LogP contribution in [0.3, 0.4) is 0 Å². The molecule has 0 aromatic carbocycles. The highest BCUT2D eigenvalue weighted by Crippen LogP contribution is 2.11. The van der Waals surface area contributed by atoms with Gasteiger partial charge in [0.1, 0.15) is 5.60 Å². The van der Waals surface area contributed by atoms with Gasteiger partial charge >= 0.3 is 5.97 Å². The van der Waals surface area contributed by atoms with Gasteiger partial charge in [0.2, 0.25) is 0 Å². The van der Waals surface area contributed by atoms with E-state index in [-0.39, 0.29) is 5.71 Å². The molecular formula is C8H11NO4S. The lowest BCUT2D eigenvalue weighted by atomic mass is 10.2. The van der Waals surface area contributed by atoms with Crippen LogP contribution in [0.2, 0.25) is 0 Å². The highest BCUT2D eigenvalue weighted by atomic mass is 32.2. The molecule has 1 heterocycles. The van der Waals surface area contributed by atoms with E-state index in [1.807, 2.05) is 0 Å². The number of hydrogen-bond donors (Lipinski definition) is 0. The zero-order valence-electron chi connectivity index (χ0n) is 8.14. The van der Waals surface area contributed by atoms with Gasteiger partial charge < -0.3 is 4.74 Å². The summed E-state index contributed by atoms with van der Waals surface area (Å²) in [5.41, 5.74) is -0.834. The lowest BCUT2D eigenvalue weighted by molar-refractivity contribution is -0.145. The van der Waals surface area contributed by atoms with Crippen molar-refractivity contribution in [2.75, 3.05) is 0 Å². The molecule has 0 aromatic heterocycles. The summed E-state index contributed by atoms with van der Waals surface area (Å²) in [6.45, 7) is 5.08. The minimum absolute atomic E-state index is 0.181. The van der Waals surface area contributed by atoms with E-state index in [2.05, 4.69) is 4.40 Å². The van der Waals surface area contributed by atoms with E-state index < -0.39 is 21.6 Å². The Morgan fingerprint density at radius 3 is 2.36 bits per heavy atom. The molecule has 0 N–H and O–H groups in total. The molecule has 0 fully saturated rings. The van der Waals surface area contributed by atoms with Gasteiger partial charge in [-0.2, -0.15) is 12.8 Å². The summed E-state index contributed by atoms with van der Waals surface area (Å²) in [5.74, 6) is -0.727. The maximum Gasteiger partial charge on any atom is 0.358 e. The third kappa shape index (κ3) is 2.95. The monoisotopic (exact) mass is 217 g/mol. The molecule has 0 saturated heterocycles. The summed E-state index contributed by atoms with van der Waals surface area (Å²) in [6.07, 6.45) is 1.13. The molecule has 6 heteroatoms. The number of hydrogen-bond acceptors (Lipinski definition) is 4. The van der Waals surface area contributed by atoms with Crippen molar-refractivity contribution >= 4 is 21.7 Å². The topological polar surface area (TPSA) is 72.8 Å². The highest BCUT2D eigenvalue weighted by Gasteiger charge is 2.24. The molecule has 5 nitrogen and oxygen atoms in total. The third-order valence-electron chi connectivity index (χ3n) is 1.23. The number of esters is 1. The number of rotatable bonds is 1. The van der Waals surface area contributed by atoms with Crippen LogP contribution in [-0.4, -0.2) is 25.7 Å². The normalized spacial score (nSPS) is 19.2. The predicted octanol–water partition coefficient (Wildman–Crippen LogP) is 0.626. The summed E-state index contributed by atoms with van der Waals surface area (Å²) in [5, 5.41) is 0.867. The van der Waals surface area contributed by atoms with E-state index in [1.54, 1.807) is 20.8 Å². The van der Waals surface area contributed by atoms with Crippen molar-refractivity contribution in [1.82, 2.24) is 0 Å². The van der Waals surface area contributed by atoms with Crippen molar-refractivity contribution in [2.24, 2.45) is 4.40 Å². The van der Waals surface area contributed by atoms with Crippen LogP contribution in [0.1, 0.15) is 20.8 Å². The smallest absolute Gasteiger partial charge is 0.358 e. The van der Waals surface area contributed by atoms with Crippen molar-refractivity contribution in [3.63, 3.8) is 0 Å². The first-order valence-corrected chi connectivity index (χ1v) is 5.46. The summed E-state index contributed by atoms with van der Waals surface area (Å²) in [4.78, 5) is 11.3. The second-order valence-electron chi connectivity index (χ2n) is 3.80. The fraction of sp³-hybridized carbons (Fsp3) is 0.500. The molecule has 0 aromatic rings. The van der Waals surface area contributed by atoms with E-state index in [0.717, 1.165) is 11.5 Å². The van der Waals surface area contributed by atoms with Crippen molar-refractivity contribution in [1.29, 1.82) is 0 Å². The van der Waals surface area contributed by atoms with Gasteiger partial charge in [0.05, 0.1) is 5.41 Å². The van der Waals surface area contributed by atoms with Gasteiger partial charge in [0.25, 0.3) is 10.0 Å². The van der Waals surface area contributed by atoms with Crippen LogP contribution in [0.5, 0.6) is 0 Å². The van der Waals surface area contributed by atoms with Gasteiger partial charge in [-0.15, -0.1) is 0 Å². The Balaban J connectivity index is 2.81. The largest absolute Gasteiger partial charge is 0.455 e. The van der Waals surface area contributed by atoms with Crippen LogP contribution in [0.25, 0.3) is 0 Å². The van der Waals surface area contributed by atoms with Crippen LogP contribution >= 0.6 is 0 Å². The Bertz CT molecular complexity index is 411. The molecule has 14 heavy (non-hydrogen) atoms. The Morgan fingerprint density at radius 2 is 2.00 bits per heavy atom. The second-order valence-corrected chi connectivity index (χ2v) is 5.28. The van der Waals surface area contributed by atoms with Crippen molar-refractivity contribution in [3.8, 4) is 0 Å². The quantitative estimate of drug-likeness (QED) is 0.604. The lowest BCUT2D eigenvalue weighted by Gasteiger charge is -2.18. The fourth-order valence-electron chi connectivity index (χ4n) is 0.784. The summed E-state index contributed by atoms with van der Waals surface area (Å²) < 4.78 is 29.8. The predicted molar refractivity (Wildman–Crippen MR) is 51.3 cm³/mol. The summed E-state index contributed by atoms with van der Waals surface area (Å²) in [7, 11) is -3.59. The maximum absolute atomic E-state index is 11.3. The van der Waals surface area contributed by atoms with Crippen LogP contribution in [-0.2, 0) is 19.6 Å². The van der Waals surface area contributed by atoms with E-state index in [9.17, 15) is 13.2 Å². The Kier molecular flexibility index (Phi) is 2.49. The average Bonchev–Trinajstić information content (AvgIpc) is 2.26. The molecule has 1 aliphatic heterocycles. The Labute approximate surface area is 82.5 Å². The van der Waals surface area contributed by atoms with Crippen LogP contribution in [0, 0.1) is 0 Å². The van der Waals surface area contributed by atoms with Gasteiger partial charge in [-0.1, -0.05) is 0 Å². The first kappa shape index (κ1) is 10.9. The first-order valence-electron chi connectivity index (χ1n) is 3.96. The maximum atomic E-state index is 11.3. The SMILES string of the molecule is CC(C)(C)OC(=O)C1=NS(=O)(=O)C=C1. The molecule has 0 saturated carbocycles. The van der Waals surface area contributed by atoms with Crippen molar-refractivity contribution < 1.29 is 17.9 Å². The van der Waals surface area contributed by atoms with Crippen molar-refractivity contribution in [3.05, 3.63) is 11.5 Å². The average molecular weight is 217 g/mol. The second kappa shape index (κ2) is 3.20. The molecule has 78 valence electrons. The molecule has 1 rings (SSSR count). The van der Waals surface area contributed by atoms with E-state index in [1.165, 1.54) is 0 Å². The Hall–Kier alpha value is -1.17. The molecule has 0 unspecified atom stereocenters. The fourth-order valence-corrected chi connectivity index (χ4v) is 1.56. The van der Waals surface area contributed by atoms with Crippen molar-refractivity contribution in [2.45, 2.75) is 26.4 Å². The molecule has 0 radical (unpaired) electrons. The van der Waals surface area contributed by atoms with E-state index >= 15 is 0 Å². The standard InChI is InChI=1S/C8H11NO4S/c1-8(2,3)13-7(10)6-4-5-14(11,12)9-6/h4-5H,1-3H3. The number of carbonyl (C=O) groups is 1. The first-order chi connectivity index (χ1) is 6.20. The van der Waals surface area contributed by atoms with Gasteiger partial charge in [0.15, 0.2) is 5.71 Å². The van der Waals surface area contributed by atoms with Gasteiger partial charge in [-0.25, -0.2) is 4.79 Å². The zero-order valence-corrected chi connectivity index (χ0v) is 8.96. The Morgan fingerprint density at radius 1 is 1.43 bits per heavy atom. The molecule has 0 bridgehead atoms. The number of sulfonamides is 1. The highest BCUT2D eigenvalue weighted by molar-refractivity contribution is 7.93. The van der Waals surface area contributed by atoms with E-state index in [0.29, 0.717) is 0 Å². The summed E-state index contributed by atoms with van der Waals surface area (Å²) >= 11 is 0. The molecule has 0 aliphatic carbocycles. The van der Waals surface area contributed by atoms with Crippen LogP contribution in [0.4, 0.5) is 0 Å². The lowest BCUT2D eigenvalue weighted by Crippen LogP contribution is -2.27. The van der Waals surface area contributed by atoms with Gasteiger partial charge in [0, 0.05) is 0 Å². The molecule has 0 amide bonds. The molecule has 1 aliphatic rings. The molecular weight excluding hydrogens is 206 g/mol. The summed E-state index contributed by atoms with van der Waals surface area (Å²) in [6, 6.07) is 0. The van der Waals surface area contributed by atoms with E-state index in [4.69, 9.17) is 4.74 Å².